The van der Waals surface area contributed by atoms with Gasteiger partial charge in [0.2, 0.25) is 0 Å². The van der Waals surface area contributed by atoms with Gasteiger partial charge in [0.05, 0.1) is 12.8 Å². The molecule has 0 bridgehead atoms. The van der Waals surface area contributed by atoms with Crippen molar-refractivity contribution in [1.82, 2.24) is 5.43 Å². The average molecular weight is 503 g/mol. The topological polar surface area (TPSA) is 118 Å². The minimum Gasteiger partial charge on any atom is -0.490 e. The van der Waals surface area contributed by atoms with E-state index >= 15 is 0 Å². The van der Waals surface area contributed by atoms with Crippen molar-refractivity contribution in [3.05, 3.63) is 82.9 Å². The van der Waals surface area contributed by atoms with Crippen molar-refractivity contribution < 1.29 is 23.9 Å². The van der Waals surface area contributed by atoms with E-state index < -0.39 is 11.8 Å². The molecule has 0 aliphatic carbocycles. The zero-order valence-corrected chi connectivity index (χ0v) is 21.3. The number of amides is 3. The van der Waals surface area contributed by atoms with Gasteiger partial charge in [0.15, 0.2) is 18.1 Å². The first-order chi connectivity index (χ1) is 17.8. The molecule has 0 unspecified atom stereocenters. The lowest BCUT2D eigenvalue weighted by molar-refractivity contribution is -0.136. The number of hydrogen-bond acceptors (Lipinski definition) is 6. The largest absolute Gasteiger partial charge is 0.490 e. The summed E-state index contributed by atoms with van der Waals surface area (Å²) in [5.74, 6) is -1.23. The van der Waals surface area contributed by atoms with Crippen molar-refractivity contribution in [3.8, 4) is 11.5 Å². The molecule has 0 heterocycles. The first kappa shape index (κ1) is 26.9. The number of nitrogens with zero attached hydrogens (tertiary/aromatic N) is 1. The summed E-state index contributed by atoms with van der Waals surface area (Å²) in [7, 11) is 0. The second-order valence-corrected chi connectivity index (χ2v) is 8.19. The number of aryl methyl sites for hydroxylation is 2. The van der Waals surface area contributed by atoms with Crippen LogP contribution < -0.4 is 25.5 Å². The number of nitrogens with one attached hydrogen (secondary N) is 3. The SMILES string of the molecule is CCOc1cc(/C=N\NC(=O)C(=O)Nc2cccc(C)c2C)ccc1OCC(=O)Nc1ccccc1C. The Kier molecular flexibility index (Phi) is 9.37. The molecule has 0 aliphatic heterocycles. The van der Waals surface area contributed by atoms with Gasteiger partial charge in [0.25, 0.3) is 5.91 Å². The molecule has 192 valence electrons. The normalized spacial score (nSPS) is 10.6. The number of hydrogen-bond donors (Lipinski definition) is 3. The van der Waals surface area contributed by atoms with Gasteiger partial charge in [-0.15, -0.1) is 0 Å². The van der Waals surface area contributed by atoms with Crippen LogP contribution in [-0.4, -0.2) is 37.1 Å². The molecule has 0 saturated carbocycles. The Morgan fingerprint density at radius 1 is 0.811 bits per heavy atom. The van der Waals surface area contributed by atoms with E-state index in [0.717, 1.165) is 22.4 Å². The smallest absolute Gasteiger partial charge is 0.329 e. The molecule has 0 radical (unpaired) electrons. The van der Waals surface area contributed by atoms with Crippen LogP contribution in [0.3, 0.4) is 0 Å². The molecule has 9 heteroatoms. The summed E-state index contributed by atoms with van der Waals surface area (Å²) in [6, 6.07) is 17.9. The van der Waals surface area contributed by atoms with Crippen LogP contribution in [0.4, 0.5) is 11.4 Å². The molecule has 3 amide bonds. The molecular weight excluding hydrogens is 472 g/mol. The summed E-state index contributed by atoms with van der Waals surface area (Å²) in [4.78, 5) is 36.6. The van der Waals surface area contributed by atoms with Gasteiger partial charge in [0, 0.05) is 11.4 Å². The third-order valence-electron chi connectivity index (χ3n) is 5.48. The summed E-state index contributed by atoms with van der Waals surface area (Å²) in [6.07, 6.45) is 1.38. The lowest BCUT2D eigenvalue weighted by Gasteiger charge is -2.13. The minimum atomic E-state index is -0.901. The van der Waals surface area contributed by atoms with Crippen LogP contribution in [0, 0.1) is 20.8 Å². The molecule has 0 saturated heterocycles. The van der Waals surface area contributed by atoms with E-state index in [9.17, 15) is 14.4 Å². The Morgan fingerprint density at radius 2 is 1.54 bits per heavy atom. The van der Waals surface area contributed by atoms with Gasteiger partial charge in [-0.3, -0.25) is 14.4 Å². The van der Waals surface area contributed by atoms with Crippen molar-refractivity contribution >= 4 is 35.3 Å². The molecule has 3 N–H and O–H groups in total. The third kappa shape index (κ3) is 7.66. The monoisotopic (exact) mass is 502 g/mol. The predicted molar refractivity (Wildman–Crippen MR) is 143 cm³/mol. The Balaban J connectivity index is 1.57. The quantitative estimate of drug-likeness (QED) is 0.231. The predicted octanol–water partition coefficient (Wildman–Crippen LogP) is 4.12. The van der Waals surface area contributed by atoms with Gasteiger partial charge in [-0.2, -0.15) is 5.10 Å². The van der Waals surface area contributed by atoms with E-state index in [1.54, 1.807) is 30.3 Å². The molecule has 0 spiro atoms. The molecule has 0 aliphatic rings. The van der Waals surface area contributed by atoms with Crippen molar-refractivity contribution in [2.75, 3.05) is 23.8 Å². The molecule has 37 heavy (non-hydrogen) atoms. The second-order valence-electron chi connectivity index (χ2n) is 8.19. The summed E-state index contributed by atoms with van der Waals surface area (Å²) in [6.45, 7) is 7.69. The number of hydrazone groups is 1. The zero-order valence-electron chi connectivity index (χ0n) is 21.3. The van der Waals surface area contributed by atoms with E-state index in [4.69, 9.17) is 9.47 Å². The van der Waals surface area contributed by atoms with Crippen LogP contribution in [-0.2, 0) is 14.4 Å². The molecule has 3 aromatic rings. The number of rotatable bonds is 9. The number of ether oxygens (including phenoxy) is 2. The number of benzene rings is 3. The second kappa shape index (κ2) is 12.9. The highest BCUT2D eigenvalue weighted by atomic mass is 16.5. The number of para-hydroxylation sites is 1. The number of carbonyl (C=O) groups is 3. The van der Waals surface area contributed by atoms with Gasteiger partial charge in [-0.25, -0.2) is 5.43 Å². The fourth-order valence-corrected chi connectivity index (χ4v) is 3.32. The first-order valence-corrected chi connectivity index (χ1v) is 11.7. The van der Waals surface area contributed by atoms with E-state index in [0.29, 0.717) is 29.4 Å². The Hall–Kier alpha value is -4.66. The van der Waals surface area contributed by atoms with Crippen LogP contribution in [0.5, 0.6) is 11.5 Å². The van der Waals surface area contributed by atoms with E-state index in [-0.39, 0.29) is 12.5 Å². The van der Waals surface area contributed by atoms with E-state index in [2.05, 4.69) is 21.2 Å². The van der Waals surface area contributed by atoms with Gasteiger partial charge < -0.3 is 20.1 Å². The van der Waals surface area contributed by atoms with Crippen molar-refractivity contribution in [1.29, 1.82) is 0 Å². The molecule has 3 aromatic carbocycles. The van der Waals surface area contributed by atoms with Gasteiger partial charge in [-0.1, -0.05) is 30.3 Å². The highest BCUT2D eigenvalue weighted by molar-refractivity contribution is 6.39. The van der Waals surface area contributed by atoms with Gasteiger partial charge in [-0.05, 0) is 80.3 Å². The van der Waals surface area contributed by atoms with Crippen LogP contribution >= 0.6 is 0 Å². The maximum Gasteiger partial charge on any atom is 0.329 e. The van der Waals surface area contributed by atoms with Crippen molar-refractivity contribution in [2.24, 2.45) is 5.10 Å². The fourth-order valence-electron chi connectivity index (χ4n) is 3.32. The Bertz CT molecular complexity index is 1320. The summed E-state index contributed by atoms with van der Waals surface area (Å²) in [5.41, 5.74) is 6.92. The molecule has 0 aromatic heterocycles. The van der Waals surface area contributed by atoms with Gasteiger partial charge in [0.1, 0.15) is 0 Å². The summed E-state index contributed by atoms with van der Waals surface area (Å²) < 4.78 is 11.3. The molecule has 0 atom stereocenters. The minimum absolute atomic E-state index is 0.201. The van der Waals surface area contributed by atoms with E-state index in [1.807, 2.05) is 58.0 Å². The van der Waals surface area contributed by atoms with Gasteiger partial charge >= 0.3 is 11.8 Å². The molecule has 9 nitrogen and oxygen atoms in total. The lowest BCUT2D eigenvalue weighted by Crippen LogP contribution is -2.32. The Labute approximate surface area is 215 Å². The fraction of sp³-hybridized carbons (Fsp3) is 0.214. The average Bonchev–Trinajstić information content (AvgIpc) is 2.87. The molecule has 0 fully saturated rings. The van der Waals surface area contributed by atoms with Crippen LogP contribution in [0.15, 0.2) is 65.8 Å². The summed E-state index contributed by atoms with van der Waals surface area (Å²) in [5, 5.41) is 9.25. The van der Waals surface area contributed by atoms with Crippen molar-refractivity contribution in [2.45, 2.75) is 27.7 Å². The third-order valence-corrected chi connectivity index (χ3v) is 5.48. The lowest BCUT2D eigenvalue weighted by atomic mass is 10.1. The number of carbonyl (C=O) groups excluding carboxylic acids is 3. The highest BCUT2D eigenvalue weighted by Gasteiger charge is 2.15. The molecule has 3 rings (SSSR count). The maximum absolute atomic E-state index is 12.3. The number of anilines is 2. The molecular formula is C28H30N4O5. The first-order valence-electron chi connectivity index (χ1n) is 11.7. The standard InChI is InChI=1S/C28H30N4O5/c1-5-36-25-15-21(13-14-24(25)37-17-26(33)30-22-11-7-6-9-19(22)3)16-29-32-28(35)27(34)31-23-12-8-10-18(2)20(23)4/h6-16H,5,17H2,1-4H3,(H,30,33)(H,31,34)(H,32,35)/b29-16-. The highest BCUT2D eigenvalue weighted by Crippen LogP contribution is 2.28. The van der Waals surface area contributed by atoms with Crippen LogP contribution in [0.25, 0.3) is 0 Å². The van der Waals surface area contributed by atoms with Crippen LogP contribution in [0.1, 0.15) is 29.2 Å². The maximum atomic E-state index is 12.3. The Morgan fingerprint density at radius 3 is 2.30 bits per heavy atom. The van der Waals surface area contributed by atoms with Crippen LogP contribution in [0.2, 0.25) is 0 Å². The van der Waals surface area contributed by atoms with E-state index in [1.165, 1.54) is 6.21 Å². The van der Waals surface area contributed by atoms with Crippen molar-refractivity contribution in [3.63, 3.8) is 0 Å². The summed E-state index contributed by atoms with van der Waals surface area (Å²) >= 11 is 0. The zero-order chi connectivity index (χ0) is 26.8.